The first-order valence-corrected chi connectivity index (χ1v) is 5.39. The molecule has 2 unspecified atom stereocenters. The third kappa shape index (κ3) is 3.34. The van der Waals surface area contributed by atoms with Crippen molar-refractivity contribution in [3.05, 3.63) is 0 Å². The van der Waals surface area contributed by atoms with Crippen molar-refractivity contribution in [1.82, 2.24) is 4.90 Å². The molecule has 1 amide bonds. The van der Waals surface area contributed by atoms with E-state index in [1.807, 2.05) is 0 Å². The van der Waals surface area contributed by atoms with Crippen LogP contribution in [0.15, 0.2) is 0 Å². The smallest absolute Gasteiger partial charge is 0.471 e. The van der Waals surface area contributed by atoms with E-state index in [0.29, 0.717) is 19.4 Å². The van der Waals surface area contributed by atoms with Gasteiger partial charge in [-0.2, -0.15) is 13.2 Å². The molecule has 0 aromatic heterocycles. The van der Waals surface area contributed by atoms with Gasteiger partial charge >= 0.3 is 18.1 Å². The van der Waals surface area contributed by atoms with Gasteiger partial charge in [-0.25, -0.2) is 4.79 Å². The largest absolute Gasteiger partial charge is 0.480 e. The summed E-state index contributed by atoms with van der Waals surface area (Å²) in [6.45, 7) is 0.506. The Morgan fingerprint density at radius 2 is 2.06 bits per heavy atom. The summed E-state index contributed by atoms with van der Waals surface area (Å²) in [6, 6.07) is -1.51. The van der Waals surface area contributed by atoms with Crippen molar-refractivity contribution in [2.75, 3.05) is 20.3 Å². The maximum absolute atomic E-state index is 12.3. The van der Waals surface area contributed by atoms with Crippen molar-refractivity contribution in [3.8, 4) is 0 Å². The molecule has 1 N–H and O–H groups in total. The monoisotopic (exact) mass is 269 g/mol. The van der Waals surface area contributed by atoms with Crippen molar-refractivity contribution >= 4 is 11.9 Å². The van der Waals surface area contributed by atoms with Crippen LogP contribution in [0.4, 0.5) is 13.2 Å². The van der Waals surface area contributed by atoms with Crippen LogP contribution in [0.5, 0.6) is 0 Å². The fourth-order valence-electron chi connectivity index (χ4n) is 2.02. The van der Waals surface area contributed by atoms with Crippen molar-refractivity contribution in [2.24, 2.45) is 5.92 Å². The minimum atomic E-state index is -5.07. The van der Waals surface area contributed by atoms with Gasteiger partial charge in [0.05, 0.1) is 6.61 Å². The van der Waals surface area contributed by atoms with Crippen LogP contribution in [0, 0.1) is 5.92 Å². The summed E-state index contributed by atoms with van der Waals surface area (Å²) >= 11 is 0. The first kappa shape index (κ1) is 14.7. The quantitative estimate of drug-likeness (QED) is 0.826. The zero-order chi connectivity index (χ0) is 13.9. The molecule has 1 aliphatic rings. The number of likely N-dealkylation sites (N-methyl/N-ethyl adjacent to an activating group) is 1. The SMILES string of the molecule is CN(C(=O)C(F)(F)F)C(C(=O)O)C1CCCOC1. The topological polar surface area (TPSA) is 66.8 Å². The minimum absolute atomic E-state index is 0.0481. The molecule has 0 spiro atoms. The van der Waals surface area contributed by atoms with Crippen LogP contribution < -0.4 is 0 Å². The Morgan fingerprint density at radius 3 is 2.44 bits per heavy atom. The predicted octanol–water partition coefficient (Wildman–Crippen LogP) is 0.887. The average Bonchev–Trinajstić information content (AvgIpc) is 2.27. The number of alkyl halides is 3. The van der Waals surface area contributed by atoms with E-state index in [1.165, 1.54) is 0 Å². The lowest BCUT2D eigenvalue weighted by atomic mass is 9.92. The Hall–Kier alpha value is -1.31. The second kappa shape index (κ2) is 5.55. The number of hydrogen-bond acceptors (Lipinski definition) is 3. The van der Waals surface area contributed by atoms with Crippen LogP contribution in [-0.2, 0) is 14.3 Å². The fraction of sp³-hybridized carbons (Fsp3) is 0.800. The summed E-state index contributed by atoms with van der Waals surface area (Å²) in [5, 5.41) is 8.99. The highest BCUT2D eigenvalue weighted by atomic mass is 19.4. The number of carbonyl (C=O) groups excluding carboxylic acids is 1. The van der Waals surface area contributed by atoms with Crippen LogP contribution in [0.2, 0.25) is 0 Å². The molecule has 0 aromatic carbocycles. The number of aliphatic carboxylic acids is 1. The number of nitrogens with zero attached hydrogens (tertiary/aromatic N) is 1. The minimum Gasteiger partial charge on any atom is -0.480 e. The average molecular weight is 269 g/mol. The van der Waals surface area contributed by atoms with E-state index >= 15 is 0 Å². The summed E-state index contributed by atoms with van der Waals surface area (Å²) in [6.07, 6.45) is -4.08. The fourth-order valence-corrected chi connectivity index (χ4v) is 2.02. The number of hydrogen-bond donors (Lipinski definition) is 1. The number of rotatable bonds is 3. The van der Waals surface area contributed by atoms with E-state index in [9.17, 15) is 22.8 Å². The highest BCUT2D eigenvalue weighted by molar-refractivity contribution is 5.87. The highest BCUT2D eigenvalue weighted by Crippen LogP contribution is 2.25. The predicted molar refractivity (Wildman–Crippen MR) is 53.8 cm³/mol. The van der Waals surface area contributed by atoms with Gasteiger partial charge in [-0.15, -0.1) is 0 Å². The first-order valence-electron chi connectivity index (χ1n) is 5.39. The summed E-state index contributed by atoms with van der Waals surface area (Å²) in [5.74, 6) is -4.22. The molecule has 1 rings (SSSR count). The van der Waals surface area contributed by atoms with Crippen molar-refractivity contribution in [2.45, 2.75) is 25.1 Å². The van der Waals surface area contributed by atoms with E-state index in [-0.39, 0.29) is 11.5 Å². The molecule has 8 heteroatoms. The molecule has 0 bridgehead atoms. The number of carboxylic acids is 1. The van der Waals surface area contributed by atoms with Crippen molar-refractivity contribution < 1.29 is 32.6 Å². The normalized spacial score (nSPS) is 22.3. The molecule has 1 heterocycles. The molecule has 0 saturated carbocycles. The third-order valence-corrected chi connectivity index (χ3v) is 2.88. The molecule has 0 aromatic rings. The molecular weight excluding hydrogens is 255 g/mol. The second-order valence-electron chi connectivity index (χ2n) is 4.17. The Bertz CT molecular complexity index is 326. The first-order chi connectivity index (χ1) is 8.25. The van der Waals surface area contributed by atoms with Gasteiger partial charge in [0.1, 0.15) is 6.04 Å². The maximum atomic E-state index is 12.3. The van der Waals surface area contributed by atoms with E-state index in [4.69, 9.17) is 9.84 Å². The van der Waals surface area contributed by atoms with E-state index < -0.39 is 30.0 Å². The summed E-state index contributed by atoms with van der Waals surface area (Å²) < 4.78 is 41.9. The Labute approximate surface area is 102 Å². The molecule has 0 radical (unpaired) electrons. The summed E-state index contributed by atoms with van der Waals surface area (Å²) in [4.78, 5) is 22.3. The molecule has 104 valence electrons. The molecule has 18 heavy (non-hydrogen) atoms. The van der Waals surface area contributed by atoms with Crippen LogP contribution in [0.1, 0.15) is 12.8 Å². The number of ether oxygens (including phenoxy) is 1. The van der Waals surface area contributed by atoms with Gasteiger partial charge < -0.3 is 14.7 Å². The van der Waals surface area contributed by atoms with E-state index in [2.05, 4.69) is 0 Å². The molecule has 1 aliphatic heterocycles. The molecule has 1 saturated heterocycles. The van der Waals surface area contributed by atoms with Crippen LogP contribution >= 0.6 is 0 Å². The van der Waals surface area contributed by atoms with Gasteiger partial charge in [-0.05, 0) is 12.8 Å². The third-order valence-electron chi connectivity index (χ3n) is 2.88. The molecular formula is C10H14F3NO4. The Morgan fingerprint density at radius 1 is 1.44 bits per heavy atom. The van der Waals surface area contributed by atoms with E-state index in [1.54, 1.807) is 0 Å². The standard InChI is InChI=1S/C10H14F3NO4/c1-14(9(17)10(11,12)13)7(8(15)16)6-3-2-4-18-5-6/h6-7H,2-5H2,1H3,(H,15,16). The lowest BCUT2D eigenvalue weighted by Gasteiger charge is -2.33. The Kier molecular flexibility index (Phi) is 4.55. The van der Waals surface area contributed by atoms with Crippen LogP contribution in [0.25, 0.3) is 0 Å². The van der Waals surface area contributed by atoms with E-state index in [0.717, 1.165) is 7.05 Å². The zero-order valence-electron chi connectivity index (χ0n) is 9.74. The van der Waals surface area contributed by atoms with Gasteiger partial charge in [0.15, 0.2) is 0 Å². The summed E-state index contributed by atoms with van der Waals surface area (Å²) in [5.41, 5.74) is 0. The second-order valence-corrected chi connectivity index (χ2v) is 4.17. The van der Waals surface area contributed by atoms with Gasteiger partial charge in [0.25, 0.3) is 0 Å². The lowest BCUT2D eigenvalue weighted by molar-refractivity contribution is -0.190. The highest BCUT2D eigenvalue weighted by Gasteiger charge is 2.46. The number of carbonyl (C=O) groups is 2. The maximum Gasteiger partial charge on any atom is 0.471 e. The molecule has 1 fully saturated rings. The van der Waals surface area contributed by atoms with Crippen molar-refractivity contribution in [3.63, 3.8) is 0 Å². The van der Waals surface area contributed by atoms with Crippen LogP contribution in [0.3, 0.4) is 0 Å². The summed E-state index contributed by atoms with van der Waals surface area (Å²) in [7, 11) is 0.850. The van der Waals surface area contributed by atoms with Crippen molar-refractivity contribution in [1.29, 1.82) is 0 Å². The van der Waals surface area contributed by atoms with Gasteiger partial charge in [0.2, 0.25) is 0 Å². The number of carboxylic acid groups (broad SMARTS) is 1. The molecule has 2 atom stereocenters. The van der Waals surface area contributed by atoms with Gasteiger partial charge in [-0.3, -0.25) is 4.79 Å². The zero-order valence-corrected chi connectivity index (χ0v) is 9.74. The number of halogens is 3. The lowest BCUT2D eigenvalue weighted by Crippen LogP contribution is -2.52. The van der Waals surface area contributed by atoms with Gasteiger partial charge in [0, 0.05) is 19.6 Å². The van der Waals surface area contributed by atoms with Gasteiger partial charge in [-0.1, -0.05) is 0 Å². The van der Waals surface area contributed by atoms with Crippen LogP contribution in [-0.4, -0.2) is 54.4 Å². The molecule has 5 nitrogen and oxygen atoms in total. The molecule has 0 aliphatic carbocycles. The Balaban J connectivity index is 2.84. The number of amides is 1.